The molecule has 4 heteroatoms. The van der Waals surface area contributed by atoms with E-state index in [4.69, 9.17) is 11.6 Å². The Labute approximate surface area is 115 Å². The van der Waals surface area contributed by atoms with E-state index in [0.717, 1.165) is 21.5 Å². The Morgan fingerprint density at radius 1 is 1.50 bits per heavy atom. The lowest BCUT2D eigenvalue weighted by Crippen LogP contribution is -2.12. The van der Waals surface area contributed by atoms with E-state index >= 15 is 0 Å². The number of hydrogen-bond donors (Lipinski definition) is 0. The molecule has 0 spiro atoms. The lowest BCUT2D eigenvalue weighted by Gasteiger charge is -2.22. The van der Waals surface area contributed by atoms with E-state index in [1.54, 1.807) is 6.20 Å². The maximum absolute atomic E-state index is 5.80. The van der Waals surface area contributed by atoms with Crippen LogP contribution in [0.1, 0.15) is 38.1 Å². The van der Waals surface area contributed by atoms with E-state index in [1.807, 2.05) is 0 Å². The van der Waals surface area contributed by atoms with Crippen molar-refractivity contribution in [3.63, 3.8) is 0 Å². The first-order chi connectivity index (χ1) is 7.54. The lowest BCUT2D eigenvalue weighted by molar-refractivity contribution is 0.485. The van der Waals surface area contributed by atoms with Gasteiger partial charge in [0, 0.05) is 0 Å². The van der Waals surface area contributed by atoms with Crippen molar-refractivity contribution in [2.24, 2.45) is 5.41 Å². The van der Waals surface area contributed by atoms with Gasteiger partial charge in [0.15, 0.2) is 0 Å². The molecule has 0 N–H and O–H groups in total. The molecule has 1 heterocycles. The van der Waals surface area contributed by atoms with Crippen molar-refractivity contribution in [3.05, 3.63) is 27.4 Å². The summed E-state index contributed by atoms with van der Waals surface area (Å²) >= 11 is 8.05. The molecule has 0 unspecified atom stereocenters. The Hall–Kier alpha value is -0.160. The Morgan fingerprint density at radius 2 is 2.25 bits per heavy atom. The van der Waals surface area contributed by atoms with Gasteiger partial charge in [-0.3, -0.25) is 0 Å². The maximum Gasteiger partial charge on any atom is 0.127 e. The largest absolute Gasteiger partial charge is 0.248 e. The summed E-state index contributed by atoms with van der Waals surface area (Å²) in [5, 5.41) is 0. The van der Waals surface area contributed by atoms with Gasteiger partial charge in [-0.1, -0.05) is 19.9 Å². The van der Waals surface area contributed by atoms with Gasteiger partial charge in [-0.2, -0.15) is 0 Å². The van der Waals surface area contributed by atoms with Gasteiger partial charge in [-0.05, 0) is 46.4 Å². The first kappa shape index (κ1) is 12.3. The van der Waals surface area contributed by atoms with Crippen LogP contribution in [0.15, 0.2) is 12.3 Å². The minimum absolute atomic E-state index is 0.208. The normalized spacial score (nSPS) is 18.6. The second-order valence-electron chi connectivity index (χ2n) is 4.67. The van der Waals surface area contributed by atoms with Crippen LogP contribution in [0.25, 0.3) is 5.57 Å². The van der Waals surface area contributed by atoms with E-state index in [2.05, 4.69) is 52.5 Å². The zero-order chi connectivity index (χ0) is 11.8. The molecule has 1 aromatic rings. The van der Waals surface area contributed by atoms with Crippen LogP contribution in [0, 0.1) is 9.12 Å². The molecule has 0 amide bonds. The number of aromatic nitrogens is 2. The van der Waals surface area contributed by atoms with Gasteiger partial charge in [-0.25, -0.2) is 9.97 Å². The van der Waals surface area contributed by atoms with Crippen LogP contribution in [0.3, 0.4) is 0 Å². The number of hydrogen-bond acceptors (Lipinski definition) is 2. The van der Waals surface area contributed by atoms with Crippen molar-refractivity contribution < 1.29 is 0 Å². The predicted molar refractivity (Wildman–Crippen MR) is 75.3 cm³/mol. The van der Waals surface area contributed by atoms with Crippen LogP contribution < -0.4 is 0 Å². The molecular weight excluding hydrogens is 335 g/mol. The number of halogens is 2. The van der Waals surface area contributed by atoms with Gasteiger partial charge in [-0.15, -0.1) is 11.6 Å². The van der Waals surface area contributed by atoms with E-state index in [1.165, 1.54) is 12.0 Å². The summed E-state index contributed by atoms with van der Waals surface area (Å²) in [6, 6.07) is 0. The van der Waals surface area contributed by atoms with E-state index in [9.17, 15) is 0 Å². The molecule has 2 nitrogen and oxygen atoms in total. The molecular formula is C12H14ClIN2. The van der Waals surface area contributed by atoms with Crippen molar-refractivity contribution >= 4 is 39.8 Å². The van der Waals surface area contributed by atoms with Crippen LogP contribution in [0.5, 0.6) is 0 Å². The molecule has 0 bridgehead atoms. The Balaban J connectivity index is 2.47. The maximum atomic E-state index is 5.80. The molecule has 0 saturated heterocycles. The lowest BCUT2D eigenvalue weighted by atomic mass is 9.84. The summed E-state index contributed by atoms with van der Waals surface area (Å²) in [7, 11) is 0. The van der Waals surface area contributed by atoms with E-state index in [0.29, 0.717) is 5.88 Å². The van der Waals surface area contributed by atoms with Gasteiger partial charge < -0.3 is 0 Å². The fourth-order valence-electron chi connectivity index (χ4n) is 2.05. The molecule has 1 aromatic heterocycles. The number of allylic oxidation sites excluding steroid dienone is 2. The summed E-state index contributed by atoms with van der Waals surface area (Å²) in [4.78, 5) is 8.96. The van der Waals surface area contributed by atoms with E-state index in [-0.39, 0.29) is 5.41 Å². The molecule has 0 aliphatic heterocycles. The average molecular weight is 349 g/mol. The highest BCUT2D eigenvalue weighted by molar-refractivity contribution is 14.1. The minimum atomic E-state index is 0.208. The summed E-state index contributed by atoms with van der Waals surface area (Å²) < 4.78 is 0.965. The monoisotopic (exact) mass is 348 g/mol. The van der Waals surface area contributed by atoms with Crippen LogP contribution in [0.4, 0.5) is 0 Å². The highest BCUT2D eigenvalue weighted by Gasteiger charge is 2.30. The minimum Gasteiger partial charge on any atom is -0.248 e. The van der Waals surface area contributed by atoms with Gasteiger partial charge in [0.1, 0.15) is 3.70 Å². The highest BCUT2D eigenvalue weighted by Crippen LogP contribution is 2.44. The zero-order valence-electron chi connectivity index (χ0n) is 9.43. The van der Waals surface area contributed by atoms with Crippen molar-refractivity contribution in [3.8, 4) is 0 Å². The van der Waals surface area contributed by atoms with Crippen molar-refractivity contribution in [1.82, 2.24) is 9.97 Å². The molecule has 0 aromatic carbocycles. The third kappa shape index (κ3) is 2.25. The highest BCUT2D eigenvalue weighted by atomic mass is 127. The molecule has 86 valence electrons. The van der Waals surface area contributed by atoms with Gasteiger partial charge >= 0.3 is 0 Å². The fourth-order valence-corrected chi connectivity index (χ4v) is 2.73. The van der Waals surface area contributed by atoms with Crippen LogP contribution in [-0.4, -0.2) is 9.97 Å². The number of alkyl halides is 1. The topological polar surface area (TPSA) is 25.8 Å². The molecule has 1 aliphatic carbocycles. The first-order valence-corrected chi connectivity index (χ1v) is 6.94. The van der Waals surface area contributed by atoms with Crippen LogP contribution >= 0.6 is 34.2 Å². The molecule has 0 fully saturated rings. The molecule has 1 aliphatic rings. The number of nitrogens with zero attached hydrogens (tertiary/aromatic N) is 2. The zero-order valence-corrected chi connectivity index (χ0v) is 12.3. The molecule has 16 heavy (non-hydrogen) atoms. The summed E-state index contributed by atoms with van der Waals surface area (Å²) in [6.45, 7) is 4.52. The standard InChI is InChI=1S/C12H14ClIN2/c1-12(2)5-3-4-9(12)10-11(14)15-7-8(6-13)16-10/h4,7H,3,5-6H2,1-2H3. The molecule has 0 saturated carbocycles. The van der Waals surface area contributed by atoms with Crippen LogP contribution in [0.2, 0.25) is 0 Å². The van der Waals surface area contributed by atoms with Gasteiger partial charge in [0.25, 0.3) is 0 Å². The quantitative estimate of drug-likeness (QED) is 0.596. The third-order valence-electron chi connectivity index (χ3n) is 3.02. The number of rotatable bonds is 2. The summed E-state index contributed by atoms with van der Waals surface area (Å²) in [5.74, 6) is 0.421. The fraction of sp³-hybridized carbons (Fsp3) is 0.500. The molecule has 0 radical (unpaired) electrons. The second-order valence-corrected chi connectivity index (χ2v) is 5.96. The first-order valence-electron chi connectivity index (χ1n) is 5.33. The van der Waals surface area contributed by atoms with E-state index < -0.39 is 0 Å². The summed E-state index contributed by atoms with van der Waals surface area (Å²) in [6.07, 6.45) is 6.35. The molecule has 0 atom stereocenters. The van der Waals surface area contributed by atoms with Crippen molar-refractivity contribution in [1.29, 1.82) is 0 Å². The Morgan fingerprint density at radius 3 is 2.81 bits per heavy atom. The predicted octanol–water partition coefficient (Wildman–Crippen LogP) is 4.02. The average Bonchev–Trinajstić information content (AvgIpc) is 2.59. The smallest absolute Gasteiger partial charge is 0.127 e. The molecule has 2 rings (SSSR count). The summed E-state index contributed by atoms with van der Waals surface area (Å²) in [5.41, 5.74) is 3.39. The van der Waals surface area contributed by atoms with Gasteiger partial charge in [0.05, 0.1) is 23.5 Å². The van der Waals surface area contributed by atoms with Crippen LogP contribution in [-0.2, 0) is 5.88 Å². The third-order valence-corrected chi connectivity index (χ3v) is 4.08. The van der Waals surface area contributed by atoms with Gasteiger partial charge in [0.2, 0.25) is 0 Å². The SMILES string of the molecule is CC1(C)CCC=C1c1nc(CCl)cnc1I. The Kier molecular flexibility index (Phi) is 3.54. The van der Waals surface area contributed by atoms with Crippen molar-refractivity contribution in [2.75, 3.05) is 0 Å². The Bertz CT molecular complexity index is 441. The van der Waals surface area contributed by atoms with Crippen molar-refractivity contribution in [2.45, 2.75) is 32.6 Å². The second kappa shape index (κ2) is 4.61.